The van der Waals surface area contributed by atoms with Crippen LogP contribution in [0, 0.1) is 11.8 Å². The van der Waals surface area contributed by atoms with Gasteiger partial charge in [0, 0.05) is 32.8 Å². The van der Waals surface area contributed by atoms with Crippen LogP contribution in [-0.4, -0.2) is 37.7 Å². The maximum atomic E-state index is 5.77. The second-order valence-electron chi connectivity index (χ2n) is 6.76. The predicted molar refractivity (Wildman–Crippen MR) is 89.6 cm³/mol. The molecule has 2 heteroatoms. The van der Waals surface area contributed by atoms with Gasteiger partial charge in [-0.1, -0.05) is 44.2 Å². The van der Waals surface area contributed by atoms with Crippen LogP contribution in [-0.2, 0) is 11.2 Å². The summed E-state index contributed by atoms with van der Waals surface area (Å²) in [6, 6.07) is 10.7. The molecule has 0 saturated carbocycles. The van der Waals surface area contributed by atoms with Crippen LogP contribution < -0.4 is 0 Å². The van der Waals surface area contributed by atoms with Gasteiger partial charge in [-0.3, -0.25) is 0 Å². The smallest absolute Gasteiger partial charge is 0.0478 e. The highest BCUT2D eigenvalue weighted by atomic mass is 16.5. The summed E-state index contributed by atoms with van der Waals surface area (Å²) in [4.78, 5) is 2.62. The number of aryl methyl sites for hydroxylation is 1. The van der Waals surface area contributed by atoms with Gasteiger partial charge in [-0.25, -0.2) is 0 Å². The van der Waals surface area contributed by atoms with Crippen molar-refractivity contribution in [1.82, 2.24) is 4.90 Å². The minimum Gasteiger partial charge on any atom is -0.381 e. The lowest BCUT2D eigenvalue weighted by Gasteiger charge is -2.34. The third kappa shape index (κ3) is 6.62. The maximum Gasteiger partial charge on any atom is 0.0478 e. The topological polar surface area (TPSA) is 12.5 Å². The maximum absolute atomic E-state index is 5.77. The van der Waals surface area contributed by atoms with Gasteiger partial charge in [0.1, 0.15) is 0 Å². The molecule has 2 atom stereocenters. The molecular weight excluding hydrogens is 258 g/mol. The standard InChI is InChI=1S/C19H31NO/c1-17-14-18(2)16-20(15-17)11-7-13-21-12-6-10-19-8-4-3-5-9-19/h3-5,8-9,17-18H,6-7,10-16H2,1-2H3. The number of ether oxygens (including phenoxy) is 1. The summed E-state index contributed by atoms with van der Waals surface area (Å²) in [5.41, 5.74) is 1.41. The largest absolute Gasteiger partial charge is 0.381 e. The summed E-state index contributed by atoms with van der Waals surface area (Å²) in [5.74, 6) is 1.72. The van der Waals surface area contributed by atoms with Crippen molar-refractivity contribution in [1.29, 1.82) is 0 Å². The Bertz CT molecular complexity index is 368. The zero-order chi connectivity index (χ0) is 14.9. The Labute approximate surface area is 130 Å². The number of piperidine rings is 1. The molecule has 1 aliphatic rings. The molecule has 2 nitrogen and oxygen atoms in total. The second kappa shape index (κ2) is 9.22. The van der Waals surface area contributed by atoms with Crippen LogP contribution in [0.2, 0.25) is 0 Å². The van der Waals surface area contributed by atoms with E-state index in [1.165, 1.54) is 38.0 Å². The van der Waals surface area contributed by atoms with Crippen molar-refractivity contribution >= 4 is 0 Å². The van der Waals surface area contributed by atoms with Crippen molar-refractivity contribution in [3.05, 3.63) is 35.9 Å². The summed E-state index contributed by atoms with van der Waals surface area (Å²) in [6.07, 6.45) is 4.82. The number of hydrogen-bond acceptors (Lipinski definition) is 2. The molecule has 1 heterocycles. The van der Waals surface area contributed by atoms with E-state index in [1.54, 1.807) is 0 Å². The molecule has 0 radical (unpaired) electrons. The average Bonchev–Trinajstić information content (AvgIpc) is 2.46. The van der Waals surface area contributed by atoms with Crippen LogP contribution in [0.15, 0.2) is 30.3 Å². The molecular formula is C19H31NO. The molecule has 1 aliphatic heterocycles. The van der Waals surface area contributed by atoms with Crippen LogP contribution in [0.1, 0.15) is 38.7 Å². The van der Waals surface area contributed by atoms with Gasteiger partial charge in [-0.05, 0) is 43.1 Å². The number of rotatable bonds is 8. The van der Waals surface area contributed by atoms with E-state index in [0.717, 1.165) is 37.9 Å². The summed E-state index contributed by atoms with van der Waals surface area (Å²) in [7, 11) is 0. The number of hydrogen-bond donors (Lipinski definition) is 0. The van der Waals surface area contributed by atoms with Gasteiger partial charge in [-0.15, -0.1) is 0 Å². The van der Waals surface area contributed by atoms with Gasteiger partial charge in [0.2, 0.25) is 0 Å². The van der Waals surface area contributed by atoms with Crippen molar-refractivity contribution in [3.63, 3.8) is 0 Å². The zero-order valence-electron chi connectivity index (χ0n) is 13.8. The van der Waals surface area contributed by atoms with E-state index in [-0.39, 0.29) is 0 Å². The first-order chi connectivity index (χ1) is 10.2. The second-order valence-corrected chi connectivity index (χ2v) is 6.76. The highest BCUT2D eigenvalue weighted by molar-refractivity contribution is 5.14. The van der Waals surface area contributed by atoms with Gasteiger partial charge in [-0.2, -0.15) is 0 Å². The van der Waals surface area contributed by atoms with Crippen LogP contribution in [0.4, 0.5) is 0 Å². The molecule has 1 aromatic carbocycles. The molecule has 2 unspecified atom stereocenters. The molecule has 0 N–H and O–H groups in total. The number of nitrogens with zero attached hydrogens (tertiary/aromatic N) is 1. The predicted octanol–water partition coefficient (Wildman–Crippen LogP) is 4.00. The van der Waals surface area contributed by atoms with Gasteiger partial charge >= 0.3 is 0 Å². The molecule has 0 bridgehead atoms. The highest BCUT2D eigenvalue weighted by Gasteiger charge is 2.20. The van der Waals surface area contributed by atoms with E-state index >= 15 is 0 Å². The first-order valence-corrected chi connectivity index (χ1v) is 8.58. The molecule has 0 spiro atoms. The summed E-state index contributed by atoms with van der Waals surface area (Å²) >= 11 is 0. The molecule has 118 valence electrons. The quantitative estimate of drug-likeness (QED) is 0.671. The third-order valence-corrected chi connectivity index (χ3v) is 4.30. The van der Waals surface area contributed by atoms with E-state index < -0.39 is 0 Å². The van der Waals surface area contributed by atoms with E-state index in [1.807, 2.05) is 0 Å². The lowest BCUT2D eigenvalue weighted by atomic mass is 9.92. The Kier molecular flexibility index (Phi) is 7.25. The lowest BCUT2D eigenvalue weighted by molar-refractivity contribution is 0.0980. The minimum atomic E-state index is 0.862. The normalized spacial score (nSPS) is 23.3. The van der Waals surface area contributed by atoms with Gasteiger partial charge in [0.25, 0.3) is 0 Å². The van der Waals surface area contributed by atoms with Crippen molar-refractivity contribution < 1.29 is 4.74 Å². The third-order valence-electron chi connectivity index (χ3n) is 4.30. The molecule has 1 fully saturated rings. The van der Waals surface area contributed by atoms with Crippen molar-refractivity contribution in [3.8, 4) is 0 Å². The Morgan fingerprint density at radius 2 is 1.67 bits per heavy atom. The fourth-order valence-electron chi connectivity index (χ4n) is 3.49. The molecule has 1 saturated heterocycles. The van der Waals surface area contributed by atoms with E-state index in [9.17, 15) is 0 Å². The fraction of sp³-hybridized carbons (Fsp3) is 0.684. The SMILES string of the molecule is CC1CC(C)CN(CCCOCCCc2ccccc2)C1. The first kappa shape index (κ1) is 16.5. The fourth-order valence-corrected chi connectivity index (χ4v) is 3.49. The first-order valence-electron chi connectivity index (χ1n) is 8.58. The van der Waals surface area contributed by atoms with Gasteiger partial charge in [0.05, 0.1) is 0 Å². The minimum absolute atomic E-state index is 0.862. The van der Waals surface area contributed by atoms with E-state index in [4.69, 9.17) is 4.74 Å². The van der Waals surface area contributed by atoms with Crippen LogP contribution in [0.25, 0.3) is 0 Å². The summed E-state index contributed by atoms with van der Waals surface area (Å²) < 4.78 is 5.77. The number of benzene rings is 1. The van der Waals surface area contributed by atoms with E-state index in [0.29, 0.717) is 0 Å². The monoisotopic (exact) mass is 289 g/mol. The van der Waals surface area contributed by atoms with Crippen molar-refractivity contribution in [2.24, 2.45) is 11.8 Å². The van der Waals surface area contributed by atoms with Crippen LogP contribution in [0.5, 0.6) is 0 Å². The summed E-state index contributed by atoms with van der Waals surface area (Å²) in [5, 5.41) is 0. The molecule has 0 amide bonds. The molecule has 0 aromatic heterocycles. The van der Waals surface area contributed by atoms with Gasteiger partial charge < -0.3 is 9.64 Å². The average molecular weight is 289 g/mol. The van der Waals surface area contributed by atoms with Crippen LogP contribution >= 0.6 is 0 Å². The van der Waals surface area contributed by atoms with Crippen LogP contribution in [0.3, 0.4) is 0 Å². The molecule has 21 heavy (non-hydrogen) atoms. The molecule has 2 rings (SSSR count). The molecule has 1 aromatic rings. The highest BCUT2D eigenvalue weighted by Crippen LogP contribution is 2.20. The Balaban J connectivity index is 1.47. The Morgan fingerprint density at radius 1 is 1.00 bits per heavy atom. The Morgan fingerprint density at radius 3 is 2.38 bits per heavy atom. The van der Waals surface area contributed by atoms with Crippen molar-refractivity contribution in [2.75, 3.05) is 32.8 Å². The number of likely N-dealkylation sites (tertiary alicyclic amines) is 1. The Hall–Kier alpha value is -0.860. The lowest BCUT2D eigenvalue weighted by Crippen LogP contribution is -2.39. The van der Waals surface area contributed by atoms with Gasteiger partial charge in [0.15, 0.2) is 0 Å². The van der Waals surface area contributed by atoms with Crippen molar-refractivity contribution in [2.45, 2.75) is 39.5 Å². The summed E-state index contributed by atoms with van der Waals surface area (Å²) in [6.45, 7) is 10.3. The zero-order valence-corrected chi connectivity index (χ0v) is 13.8. The molecule has 0 aliphatic carbocycles. The van der Waals surface area contributed by atoms with E-state index in [2.05, 4.69) is 49.1 Å².